The summed E-state index contributed by atoms with van der Waals surface area (Å²) in [5.41, 5.74) is 1.97. The molecule has 4 atom stereocenters. The van der Waals surface area contributed by atoms with E-state index in [1.165, 1.54) is 7.11 Å². The summed E-state index contributed by atoms with van der Waals surface area (Å²) in [6, 6.07) is 3.77. The molecule has 24 heavy (non-hydrogen) atoms. The van der Waals surface area contributed by atoms with E-state index in [0.29, 0.717) is 42.1 Å². The highest BCUT2D eigenvalue weighted by Crippen LogP contribution is 2.60. The average Bonchev–Trinajstić information content (AvgIpc) is 2.88. The number of fused-ring (bicyclic) bond motifs is 5. The Kier molecular flexibility index (Phi) is 3.44. The molecule has 2 fully saturated rings. The summed E-state index contributed by atoms with van der Waals surface area (Å²) < 4.78 is 5.22. The van der Waals surface area contributed by atoms with Crippen molar-refractivity contribution in [1.82, 2.24) is 0 Å². The lowest BCUT2D eigenvalue weighted by atomic mass is 9.55. The number of nitro groups is 1. The Morgan fingerprint density at radius 1 is 1.25 bits per heavy atom. The number of methoxy groups -OCH3 is 1. The summed E-state index contributed by atoms with van der Waals surface area (Å²) in [6.45, 7) is 2.15. The molecule has 0 amide bonds. The van der Waals surface area contributed by atoms with E-state index >= 15 is 0 Å². The van der Waals surface area contributed by atoms with Crippen molar-refractivity contribution in [2.75, 3.05) is 7.11 Å². The van der Waals surface area contributed by atoms with Crippen LogP contribution in [-0.2, 0) is 11.2 Å². The topological polar surface area (TPSA) is 69.4 Å². The lowest BCUT2D eigenvalue weighted by Gasteiger charge is -2.48. The summed E-state index contributed by atoms with van der Waals surface area (Å²) in [7, 11) is 1.48. The first-order valence-electron chi connectivity index (χ1n) is 8.85. The fraction of sp³-hybridized carbons (Fsp3) is 0.632. The van der Waals surface area contributed by atoms with E-state index < -0.39 is 0 Å². The van der Waals surface area contributed by atoms with Gasteiger partial charge in [-0.3, -0.25) is 14.9 Å². The molecular formula is C19H23NO4. The van der Waals surface area contributed by atoms with Crippen molar-refractivity contribution in [2.45, 2.75) is 51.4 Å². The highest BCUT2D eigenvalue weighted by atomic mass is 16.6. The minimum Gasteiger partial charge on any atom is -0.490 e. The van der Waals surface area contributed by atoms with E-state index in [4.69, 9.17) is 4.74 Å². The van der Waals surface area contributed by atoms with Gasteiger partial charge in [0.1, 0.15) is 5.78 Å². The van der Waals surface area contributed by atoms with Gasteiger partial charge in [0, 0.05) is 17.4 Å². The zero-order chi connectivity index (χ0) is 17.1. The van der Waals surface area contributed by atoms with Gasteiger partial charge in [0.05, 0.1) is 12.0 Å². The van der Waals surface area contributed by atoms with Crippen molar-refractivity contribution >= 4 is 11.5 Å². The predicted molar refractivity (Wildman–Crippen MR) is 89.3 cm³/mol. The number of benzene rings is 1. The van der Waals surface area contributed by atoms with E-state index in [0.717, 1.165) is 36.8 Å². The molecule has 4 rings (SSSR count). The maximum absolute atomic E-state index is 12.4. The molecule has 0 spiro atoms. The van der Waals surface area contributed by atoms with Crippen LogP contribution in [0.2, 0.25) is 0 Å². The standard InChI is InChI=1S/C19H23NO4/c1-19-10-9-12-11-5-7-16(24-2)18(20(22)23)14(11)4-3-13(12)15(19)6-8-17(19)21/h5,7,12-13,15H,3-4,6,8-10H2,1-2H3/t12-,13+,15+,19+/m1/s1. The molecule has 5 nitrogen and oxygen atoms in total. The van der Waals surface area contributed by atoms with Gasteiger partial charge < -0.3 is 4.74 Å². The van der Waals surface area contributed by atoms with Gasteiger partial charge in [-0.05, 0) is 61.5 Å². The minimum atomic E-state index is -0.302. The number of carbonyl (C=O) groups excluding carboxylic acids is 1. The molecule has 0 unspecified atom stereocenters. The van der Waals surface area contributed by atoms with E-state index in [1.54, 1.807) is 6.07 Å². The number of Topliss-reactive ketones (excluding diaryl/α,β-unsaturated/α-hetero) is 1. The largest absolute Gasteiger partial charge is 0.490 e. The Morgan fingerprint density at radius 2 is 2.04 bits per heavy atom. The monoisotopic (exact) mass is 329 g/mol. The summed E-state index contributed by atoms with van der Waals surface area (Å²) in [6.07, 6.45) is 5.23. The third kappa shape index (κ3) is 1.96. The first kappa shape index (κ1) is 15.6. The number of hydrogen-bond acceptors (Lipinski definition) is 4. The molecule has 1 aromatic carbocycles. The maximum atomic E-state index is 12.4. The van der Waals surface area contributed by atoms with Crippen LogP contribution in [0.25, 0.3) is 0 Å². The van der Waals surface area contributed by atoms with Crippen LogP contribution < -0.4 is 4.74 Å². The molecule has 1 aromatic rings. The molecule has 0 N–H and O–H groups in total. The highest BCUT2D eigenvalue weighted by Gasteiger charge is 2.55. The van der Waals surface area contributed by atoms with Crippen LogP contribution >= 0.6 is 0 Å². The summed E-state index contributed by atoms with van der Waals surface area (Å²) in [5, 5.41) is 11.6. The second-order valence-corrected chi connectivity index (χ2v) is 7.77. The number of ketones is 1. The van der Waals surface area contributed by atoms with Crippen LogP contribution in [0.5, 0.6) is 5.75 Å². The van der Waals surface area contributed by atoms with E-state index in [2.05, 4.69) is 6.92 Å². The second kappa shape index (κ2) is 5.30. The number of ether oxygens (including phenoxy) is 1. The maximum Gasteiger partial charge on any atom is 0.314 e. The van der Waals surface area contributed by atoms with Crippen molar-refractivity contribution in [2.24, 2.45) is 17.3 Å². The quantitative estimate of drug-likeness (QED) is 0.607. The van der Waals surface area contributed by atoms with Gasteiger partial charge in [-0.15, -0.1) is 0 Å². The number of carbonyl (C=O) groups is 1. The molecule has 128 valence electrons. The Hall–Kier alpha value is -1.91. The predicted octanol–water partition coefficient (Wildman–Crippen LogP) is 4.03. The molecule has 3 aliphatic carbocycles. The Labute approximate surface area is 141 Å². The zero-order valence-corrected chi connectivity index (χ0v) is 14.2. The van der Waals surface area contributed by atoms with Gasteiger partial charge in [0.2, 0.25) is 0 Å². The highest BCUT2D eigenvalue weighted by molar-refractivity contribution is 5.87. The van der Waals surface area contributed by atoms with E-state index in [1.807, 2.05) is 6.07 Å². The smallest absolute Gasteiger partial charge is 0.314 e. The van der Waals surface area contributed by atoms with Gasteiger partial charge in [-0.1, -0.05) is 13.0 Å². The normalized spacial score (nSPS) is 34.2. The number of hydrogen-bond donors (Lipinski definition) is 0. The molecule has 0 saturated heterocycles. The lowest BCUT2D eigenvalue weighted by Crippen LogP contribution is -2.42. The van der Waals surface area contributed by atoms with Crippen molar-refractivity contribution in [3.05, 3.63) is 33.4 Å². The van der Waals surface area contributed by atoms with Crippen LogP contribution in [0.3, 0.4) is 0 Å². The van der Waals surface area contributed by atoms with Gasteiger partial charge >= 0.3 is 5.69 Å². The van der Waals surface area contributed by atoms with Crippen LogP contribution in [0.15, 0.2) is 12.1 Å². The molecule has 0 radical (unpaired) electrons. The average molecular weight is 329 g/mol. The van der Waals surface area contributed by atoms with Gasteiger partial charge in [-0.2, -0.15) is 0 Å². The Balaban J connectivity index is 1.77. The summed E-state index contributed by atoms with van der Waals surface area (Å²) >= 11 is 0. The third-order valence-electron chi connectivity index (χ3n) is 6.96. The Bertz CT molecular complexity index is 728. The molecular weight excluding hydrogens is 306 g/mol. The SMILES string of the molecule is COc1ccc2c(c1[N+](=O)[O-])CC[C@H]1[C@@H]2CC[C@]2(C)C(=O)CC[C@@H]12. The van der Waals surface area contributed by atoms with Crippen molar-refractivity contribution in [3.8, 4) is 5.75 Å². The molecule has 0 aliphatic heterocycles. The van der Waals surface area contributed by atoms with Crippen molar-refractivity contribution in [1.29, 1.82) is 0 Å². The number of rotatable bonds is 2. The van der Waals surface area contributed by atoms with Crippen molar-refractivity contribution < 1.29 is 14.5 Å². The fourth-order valence-corrected chi connectivity index (χ4v) is 5.76. The molecule has 2 saturated carbocycles. The van der Waals surface area contributed by atoms with Gasteiger partial charge in [-0.25, -0.2) is 0 Å². The van der Waals surface area contributed by atoms with Crippen LogP contribution in [-0.4, -0.2) is 17.8 Å². The lowest BCUT2D eigenvalue weighted by molar-refractivity contribution is -0.386. The Morgan fingerprint density at radius 3 is 2.75 bits per heavy atom. The van der Waals surface area contributed by atoms with Gasteiger partial charge in [0.25, 0.3) is 0 Å². The van der Waals surface area contributed by atoms with E-state index in [-0.39, 0.29) is 16.0 Å². The van der Waals surface area contributed by atoms with Crippen LogP contribution in [0, 0.1) is 27.4 Å². The molecule has 0 aromatic heterocycles. The zero-order valence-electron chi connectivity index (χ0n) is 14.2. The fourth-order valence-electron chi connectivity index (χ4n) is 5.76. The summed E-state index contributed by atoms with van der Waals surface area (Å²) in [5.74, 6) is 2.06. The number of nitrogens with zero attached hydrogens (tertiary/aromatic N) is 1. The second-order valence-electron chi connectivity index (χ2n) is 7.77. The molecule has 3 aliphatic rings. The molecule has 5 heteroatoms. The number of nitro benzene ring substituents is 1. The van der Waals surface area contributed by atoms with Crippen molar-refractivity contribution in [3.63, 3.8) is 0 Å². The molecule has 0 bridgehead atoms. The van der Waals surface area contributed by atoms with Crippen LogP contribution in [0.1, 0.15) is 56.1 Å². The van der Waals surface area contributed by atoms with E-state index in [9.17, 15) is 14.9 Å². The third-order valence-corrected chi connectivity index (χ3v) is 6.96. The summed E-state index contributed by atoms with van der Waals surface area (Å²) in [4.78, 5) is 23.6. The van der Waals surface area contributed by atoms with Crippen LogP contribution in [0.4, 0.5) is 5.69 Å². The first-order valence-corrected chi connectivity index (χ1v) is 8.85. The van der Waals surface area contributed by atoms with Gasteiger partial charge in [0.15, 0.2) is 5.75 Å². The molecule has 0 heterocycles. The first-order chi connectivity index (χ1) is 11.5. The minimum absolute atomic E-state index is 0.143.